The lowest BCUT2D eigenvalue weighted by Crippen LogP contribution is -2.42. The van der Waals surface area contributed by atoms with Gasteiger partial charge in [-0.2, -0.15) is 0 Å². The maximum Gasteiger partial charge on any atom is 0.226 e. The van der Waals surface area contributed by atoms with Crippen molar-refractivity contribution in [2.75, 3.05) is 6.61 Å². The van der Waals surface area contributed by atoms with Crippen LogP contribution in [0.1, 0.15) is 68.1 Å². The van der Waals surface area contributed by atoms with Gasteiger partial charge in [-0.1, -0.05) is 71.4 Å². The van der Waals surface area contributed by atoms with Crippen molar-refractivity contribution in [1.82, 2.24) is 5.32 Å². The number of carbonyl (C=O) groups excluding carboxylic acids is 1. The van der Waals surface area contributed by atoms with Crippen LogP contribution in [0.4, 0.5) is 0 Å². The first-order valence-corrected chi connectivity index (χ1v) is 13.7. The van der Waals surface area contributed by atoms with Gasteiger partial charge in [0.25, 0.3) is 0 Å². The third kappa shape index (κ3) is 4.06. The van der Waals surface area contributed by atoms with Crippen LogP contribution in [0.3, 0.4) is 0 Å². The van der Waals surface area contributed by atoms with Crippen molar-refractivity contribution in [1.29, 1.82) is 0 Å². The molecule has 2 aromatic rings. The maximum atomic E-state index is 13.0. The molecule has 170 valence electrons. The molecule has 0 unspecified atom stereocenters. The molecule has 1 N–H and O–H groups in total. The monoisotopic (exact) mass is 563 g/mol. The Morgan fingerprint density at radius 3 is 2.56 bits per heavy atom. The Balaban J connectivity index is 1.51. The number of carbonyl (C=O) groups is 1. The summed E-state index contributed by atoms with van der Waals surface area (Å²) in [4.78, 5) is 13.0. The Hall–Kier alpha value is -1.27. The highest BCUT2D eigenvalue weighted by atomic mass is 127. The van der Waals surface area contributed by atoms with Gasteiger partial charge >= 0.3 is 0 Å². The fraction of sp³-hybridized carbons (Fsp3) is 0.519. The lowest BCUT2D eigenvalue weighted by Gasteiger charge is -2.46. The summed E-state index contributed by atoms with van der Waals surface area (Å²) >= 11 is 9.28. The Labute approximate surface area is 209 Å². The Morgan fingerprint density at radius 2 is 1.91 bits per heavy atom. The van der Waals surface area contributed by atoms with Gasteiger partial charge in [0.05, 0.1) is 12.0 Å². The first-order chi connectivity index (χ1) is 15.4. The predicted octanol–water partition coefficient (Wildman–Crippen LogP) is 6.87. The molecular formula is C27H31ClINO2. The van der Waals surface area contributed by atoms with Crippen molar-refractivity contribution >= 4 is 40.1 Å². The molecule has 1 aliphatic heterocycles. The van der Waals surface area contributed by atoms with Crippen molar-refractivity contribution in [3.63, 3.8) is 0 Å². The number of nitrogens with one attached hydrogen (secondary N) is 1. The summed E-state index contributed by atoms with van der Waals surface area (Å²) in [7, 11) is 0. The number of halogens is 2. The van der Waals surface area contributed by atoms with Crippen molar-refractivity contribution in [2.45, 2.75) is 61.8 Å². The smallest absolute Gasteiger partial charge is 0.226 e. The van der Waals surface area contributed by atoms with Crippen LogP contribution < -0.4 is 10.1 Å². The van der Waals surface area contributed by atoms with Crippen LogP contribution in [0.25, 0.3) is 0 Å². The van der Waals surface area contributed by atoms with Crippen LogP contribution in [-0.4, -0.2) is 18.6 Å². The minimum absolute atomic E-state index is 0.143. The molecule has 2 saturated carbocycles. The topological polar surface area (TPSA) is 38.3 Å². The average molecular weight is 564 g/mol. The molecule has 1 saturated heterocycles. The number of rotatable bonds is 6. The molecule has 0 aromatic heterocycles. The third-order valence-electron chi connectivity index (χ3n) is 8.02. The van der Waals surface area contributed by atoms with E-state index in [1.54, 1.807) is 0 Å². The summed E-state index contributed by atoms with van der Waals surface area (Å²) in [5.41, 5.74) is 3.49. The Morgan fingerprint density at radius 1 is 1.16 bits per heavy atom. The zero-order valence-corrected chi connectivity index (χ0v) is 21.7. The molecule has 0 bridgehead atoms. The number of hydrogen-bond acceptors (Lipinski definition) is 2. The molecule has 1 amide bonds. The van der Waals surface area contributed by atoms with Crippen molar-refractivity contribution in [2.24, 2.45) is 17.3 Å². The molecule has 0 radical (unpaired) electrons. The van der Waals surface area contributed by atoms with Crippen LogP contribution in [0.5, 0.6) is 5.75 Å². The second-order valence-electron chi connectivity index (χ2n) is 10.2. The average Bonchev–Trinajstić information content (AvgIpc) is 3.59. The summed E-state index contributed by atoms with van der Waals surface area (Å²) in [6.45, 7) is 5.12. The molecular weight excluding hydrogens is 533 g/mol. The molecule has 3 aliphatic rings. The predicted molar refractivity (Wildman–Crippen MR) is 138 cm³/mol. The van der Waals surface area contributed by atoms with E-state index in [0.29, 0.717) is 5.92 Å². The van der Waals surface area contributed by atoms with Crippen LogP contribution in [0, 0.1) is 17.3 Å². The van der Waals surface area contributed by atoms with Gasteiger partial charge in [-0.15, -0.1) is 0 Å². The summed E-state index contributed by atoms with van der Waals surface area (Å²) in [6.07, 6.45) is 4.39. The number of fused-ring (bicyclic) bond motifs is 1. The summed E-state index contributed by atoms with van der Waals surface area (Å²) < 4.78 is 6.96. The SMILES string of the molecule is C[C@H]1NC(=O)[C@]2(C)CC[C@@H](c3ccc(OCC4CC4)cc3Cl)[C@H](c3ccc(CI)cc3)[C@H]12. The third-order valence-corrected chi connectivity index (χ3v) is 9.23. The Bertz CT molecular complexity index is 1010. The summed E-state index contributed by atoms with van der Waals surface area (Å²) in [5, 5.41) is 4.04. The van der Waals surface area contributed by atoms with Gasteiger partial charge in [-0.3, -0.25) is 4.79 Å². The lowest BCUT2D eigenvalue weighted by molar-refractivity contribution is -0.129. The number of alkyl halides is 1. The summed E-state index contributed by atoms with van der Waals surface area (Å²) in [6, 6.07) is 15.4. The Kier molecular flexibility index (Phi) is 6.21. The van der Waals surface area contributed by atoms with E-state index in [9.17, 15) is 4.79 Å². The highest BCUT2D eigenvalue weighted by Gasteiger charge is 2.57. The van der Waals surface area contributed by atoms with E-state index in [1.165, 1.54) is 29.5 Å². The largest absolute Gasteiger partial charge is 0.493 e. The van der Waals surface area contributed by atoms with Crippen molar-refractivity contribution in [3.8, 4) is 5.75 Å². The lowest BCUT2D eigenvalue weighted by atomic mass is 9.56. The van der Waals surface area contributed by atoms with Gasteiger partial charge in [0.2, 0.25) is 5.91 Å². The van der Waals surface area contributed by atoms with Crippen molar-refractivity contribution in [3.05, 3.63) is 64.2 Å². The molecule has 5 atom stereocenters. The first kappa shape index (κ1) is 22.5. The zero-order chi connectivity index (χ0) is 22.5. The molecule has 3 fully saturated rings. The zero-order valence-electron chi connectivity index (χ0n) is 18.7. The van der Waals surface area contributed by atoms with Crippen LogP contribution >= 0.6 is 34.2 Å². The van der Waals surface area contributed by atoms with Crippen LogP contribution in [0.15, 0.2) is 42.5 Å². The minimum Gasteiger partial charge on any atom is -0.493 e. The van der Waals surface area contributed by atoms with Gasteiger partial charge in [0.15, 0.2) is 0 Å². The highest BCUT2D eigenvalue weighted by molar-refractivity contribution is 14.1. The van der Waals surface area contributed by atoms with Gasteiger partial charge in [0, 0.05) is 21.4 Å². The normalized spacial score (nSPS) is 31.8. The van der Waals surface area contributed by atoms with E-state index in [2.05, 4.69) is 78.2 Å². The molecule has 0 spiro atoms. The maximum absolute atomic E-state index is 13.0. The fourth-order valence-corrected chi connectivity index (χ4v) is 6.87. The number of amides is 1. The molecule has 2 aliphatic carbocycles. The quantitative estimate of drug-likeness (QED) is 0.308. The highest BCUT2D eigenvalue weighted by Crippen LogP contribution is 2.59. The van der Waals surface area contributed by atoms with E-state index in [4.69, 9.17) is 16.3 Å². The van der Waals surface area contributed by atoms with Gasteiger partial charge in [-0.25, -0.2) is 0 Å². The second kappa shape index (κ2) is 8.83. The molecule has 5 heteroatoms. The molecule has 32 heavy (non-hydrogen) atoms. The van der Waals surface area contributed by atoms with Crippen molar-refractivity contribution < 1.29 is 9.53 Å². The summed E-state index contributed by atoms with van der Waals surface area (Å²) in [5.74, 6) is 2.53. The van der Waals surface area contributed by atoms with E-state index in [0.717, 1.165) is 34.6 Å². The van der Waals surface area contributed by atoms with E-state index >= 15 is 0 Å². The number of ether oxygens (including phenoxy) is 1. The first-order valence-electron chi connectivity index (χ1n) is 11.8. The molecule has 3 nitrogen and oxygen atoms in total. The van der Waals surface area contributed by atoms with Gasteiger partial charge in [-0.05, 0) is 79.2 Å². The van der Waals surface area contributed by atoms with E-state index in [-0.39, 0.29) is 35.1 Å². The fourth-order valence-electron chi connectivity index (χ4n) is 6.05. The standard InChI is InChI=1S/C27H31ClINO2/c1-16-25-24(19-7-5-17(14-29)6-8-19)22(11-12-27(25,2)26(31)30-16)21-10-9-20(13-23(21)28)32-15-18-3-4-18/h5-10,13,16,18,22,24-25H,3-4,11-12,14-15H2,1-2H3,(H,30,31)/t16-,22+,24+,25+,27-/m1/s1. The van der Waals surface area contributed by atoms with Crippen LogP contribution in [-0.2, 0) is 9.22 Å². The number of benzene rings is 2. The molecule has 5 rings (SSSR count). The van der Waals surface area contributed by atoms with E-state index < -0.39 is 0 Å². The van der Waals surface area contributed by atoms with E-state index in [1.807, 2.05) is 6.07 Å². The number of hydrogen-bond donors (Lipinski definition) is 1. The van der Waals surface area contributed by atoms with Gasteiger partial charge < -0.3 is 10.1 Å². The second-order valence-corrected chi connectivity index (χ2v) is 11.4. The minimum atomic E-state index is -0.331. The van der Waals surface area contributed by atoms with Crippen LogP contribution in [0.2, 0.25) is 5.02 Å². The van der Waals surface area contributed by atoms with Gasteiger partial charge in [0.1, 0.15) is 5.75 Å². The molecule has 2 aromatic carbocycles. The molecule has 1 heterocycles.